The van der Waals surface area contributed by atoms with Crippen molar-refractivity contribution in [1.29, 1.82) is 0 Å². The van der Waals surface area contributed by atoms with Crippen LogP contribution in [0.2, 0.25) is 0 Å². The van der Waals surface area contributed by atoms with Gasteiger partial charge in [0, 0.05) is 123 Å². The van der Waals surface area contributed by atoms with E-state index in [1.165, 1.54) is 56.0 Å². The number of amides is 9. The second-order valence-corrected chi connectivity index (χ2v) is 27.8. The number of fused-ring (bicyclic) bond motifs is 1. The first-order valence-corrected chi connectivity index (χ1v) is 37.6. The average Bonchev–Trinajstić information content (AvgIpc) is 0.787. The van der Waals surface area contributed by atoms with Crippen molar-refractivity contribution >= 4 is 118 Å². The number of phenolic OH excluding ortho intramolecular Hbond substituents is 1. The van der Waals surface area contributed by atoms with E-state index in [1.54, 1.807) is 36.4 Å². The molecule has 9 amide bonds. The van der Waals surface area contributed by atoms with Crippen molar-refractivity contribution in [3.63, 3.8) is 0 Å². The first-order chi connectivity index (χ1) is 55.6. The molecule has 8 atom stereocenters. The number of carboxylic acids is 8. The fourth-order valence-electron chi connectivity index (χ4n) is 12.5. The van der Waals surface area contributed by atoms with Crippen LogP contribution in [0.1, 0.15) is 93.7 Å². The molecule has 20 N–H and O–H groups in total. The minimum Gasteiger partial charge on any atom is -0.508 e. The fraction of sp³-hybridized carbons (Fsp3) is 0.487. The van der Waals surface area contributed by atoms with Crippen LogP contribution in [0, 0.1) is 0 Å². The molecular formula is C76H102N14O27. The summed E-state index contributed by atoms with van der Waals surface area (Å²) in [5.74, 6) is -16.9. The molecule has 5 rings (SSSR count). The number of nitrogens with one attached hydrogen (secondary N) is 9. The number of nitrogens with zero attached hydrogens (tertiary/aromatic N) is 4. The third kappa shape index (κ3) is 36.6. The number of benzene rings is 4. The summed E-state index contributed by atoms with van der Waals surface area (Å²) in [4.78, 5) is 223. The molecule has 117 heavy (non-hydrogen) atoms. The molecule has 0 bridgehead atoms. The van der Waals surface area contributed by atoms with Crippen LogP contribution in [-0.4, -0.2) is 307 Å². The van der Waals surface area contributed by atoms with E-state index < -0.39 is 189 Å². The number of urea groups is 1. The van der Waals surface area contributed by atoms with Crippen molar-refractivity contribution in [2.45, 2.75) is 145 Å². The van der Waals surface area contributed by atoms with Gasteiger partial charge in [0.05, 0.1) is 26.2 Å². The van der Waals surface area contributed by atoms with Crippen LogP contribution < -0.4 is 53.6 Å². The summed E-state index contributed by atoms with van der Waals surface area (Å²) in [5, 5.41) is 113. The smallest absolute Gasteiger partial charge is 0.326 e. The third-order valence-corrected chi connectivity index (χ3v) is 18.8. The summed E-state index contributed by atoms with van der Waals surface area (Å²) in [6, 6.07) is 10.6. The number of nitrogen functional groups attached to an aromatic ring is 1. The fourth-order valence-corrected chi connectivity index (χ4v) is 12.5. The standard InChI is InChI=1S/C76H102N14O27/c77-51-16-11-46(12-17-51)39-57(81-64(96)23-21-60(75(114)115)90-35-33-88(43-66(99)100)31-29-87(42-65(97)98)30-32-89(34-36-90)44-67(101)102)68(103)83-58(40-47-13-18-52(92)19-14-47)70(105)84-59(41-48-10-15-49-6-1-2-7-50(49)38-48)69(104)82-54(72(108)109)8-3-4-27-78-61(93)24-25-62(94)79-28-5-9-53(71(106)107)80-63(95)22-20-55(73(110)111)85-76(116)86-56(74(112)113)26-37-117-45-91/h1-2,6-7,10-19,38,45,53-60,92H,3-5,8-9,20-37,39-44,77H2,(H,78,93)(H,79,94)(H,80,95)(H,81,96)(H,82,104)(H,83,103)(H,84,105)(H,97,98)(H,99,100)(H,101,102)(H,106,107)(H,108,109)(H,110,111)(H,112,113)(H,114,115)(H2,85,86,116)/t53?,54-,55+,56+,57?,58-,59-,60?/m1/s1. The molecule has 0 saturated carbocycles. The second-order valence-electron chi connectivity index (χ2n) is 27.8. The van der Waals surface area contributed by atoms with Crippen LogP contribution in [-0.2, 0) is 101 Å². The van der Waals surface area contributed by atoms with E-state index >= 15 is 4.79 Å². The highest BCUT2D eigenvalue weighted by molar-refractivity contribution is 5.96. The summed E-state index contributed by atoms with van der Waals surface area (Å²) in [7, 11) is 0. The molecule has 41 heteroatoms. The Bertz CT molecular complexity index is 4050. The minimum atomic E-state index is -1.72. The quantitative estimate of drug-likeness (QED) is 0.0129. The summed E-state index contributed by atoms with van der Waals surface area (Å²) >= 11 is 0. The lowest BCUT2D eigenvalue weighted by molar-refractivity contribution is -0.145. The number of rotatable bonds is 50. The van der Waals surface area contributed by atoms with Gasteiger partial charge < -0.3 is 104 Å². The topological polar surface area (TPSA) is 629 Å². The number of aliphatic carboxylic acids is 8. The van der Waals surface area contributed by atoms with Crippen LogP contribution >= 0.6 is 0 Å². The number of carbonyl (C=O) groups excluding carboxylic acids is 9. The van der Waals surface area contributed by atoms with Gasteiger partial charge in [-0.15, -0.1) is 0 Å². The van der Waals surface area contributed by atoms with Gasteiger partial charge in [0.1, 0.15) is 54.1 Å². The van der Waals surface area contributed by atoms with Gasteiger partial charge in [0.2, 0.25) is 41.4 Å². The zero-order chi connectivity index (χ0) is 86.1. The molecular weight excluding hydrogens is 1540 g/mol. The number of hydrogen-bond acceptors (Lipinski definition) is 24. The van der Waals surface area contributed by atoms with E-state index in [0.29, 0.717) is 22.4 Å². The van der Waals surface area contributed by atoms with Gasteiger partial charge in [0.15, 0.2) is 0 Å². The number of anilines is 1. The number of phenols is 1. The molecule has 0 radical (unpaired) electrons. The molecule has 0 spiro atoms. The van der Waals surface area contributed by atoms with Crippen LogP contribution in [0.25, 0.3) is 10.8 Å². The van der Waals surface area contributed by atoms with Crippen molar-refractivity contribution in [2.75, 3.05) is 97.4 Å². The summed E-state index contributed by atoms with van der Waals surface area (Å²) in [6.07, 6.45) is -3.92. The highest BCUT2D eigenvalue weighted by Crippen LogP contribution is 2.20. The summed E-state index contributed by atoms with van der Waals surface area (Å²) in [6.45, 7) is -1.83. The molecule has 4 aromatic rings. The SMILES string of the molecule is Nc1ccc(CC(NC(=O)CCC(C(=O)O)N2CCN(CC(=O)O)CCN(CC(=O)O)CCN(CC(=O)O)CC2)C(=O)N[C@H](Cc2ccc(O)cc2)C(=O)N[C@H](Cc2ccc3ccccc3c2)C(=O)N[C@H](CCCCNC(=O)CCC(=O)NCCCC(NC(=O)CC[C@H](NC(=O)N[C@@H](CCOC=O)C(=O)O)C(=O)O)C(=O)O)C(=O)O)cc1. The van der Waals surface area contributed by atoms with E-state index in [1.807, 2.05) is 28.8 Å². The Morgan fingerprint density at radius 3 is 1.26 bits per heavy atom. The maximum atomic E-state index is 15.0. The Kier molecular flexibility index (Phi) is 40.5. The molecule has 1 saturated heterocycles. The predicted molar refractivity (Wildman–Crippen MR) is 412 cm³/mol. The maximum absolute atomic E-state index is 15.0. The molecule has 41 nitrogen and oxygen atoms in total. The highest BCUT2D eigenvalue weighted by atomic mass is 16.5. The Labute approximate surface area is 670 Å². The van der Waals surface area contributed by atoms with Gasteiger partial charge >= 0.3 is 53.8 Å². The van der Waals surface area contributed by atoms with Gasteiger partial charge in [-0.1, -0.05) is 66.7 Å². The van der Waals surface area contributed by atoms with Crippen molar-refractivity contribution in [3.05, 3.63) is 108 Å². The highest BCUT2D eigenvalue weighted by Gasteiger charge is 2.35. The van der Waals surface area contributed by atoms with Gasteiger partial charge in [-0.05, 0) is 96.7 Å². The maximum Gasteiger partial charge on any atom is 0.326 e. The third-order valence-electron chi connectivity index (χ3n) is 18.8. The summed E-state index contributed by atoms with van der Waals surface area (Å²) in [5.41, 5.74) is 7.70. The number of carboxylic acid groups (broad SMARTS) is 8. The number of nitrogens with two attached hydrogens (primary N) is 1. The monoisotopic (exact) mass is 1640 g/mol. The molecule has 638 valence electrons. The van der Waals surface area contributed by atoms with E-state index in [4.69, 9.17) is 5.73 Å². The molecule has 1 aliphatic rings. The number of hydrogen-bond donors (Lipinski definition) is 19. The number of carbonyl (C=O) groups is 17. The first kappa shape index (κ1) is 95.0. The Morgan fingerprint density at radius 2 is 0.786 bits per heavy atom. The molecule has 1 fully saturated rings. The van der Waals surface area contributed by atoms with E-state index in [-0.39, 0.29) is 155 Å². The second kappa shape index (κ2) is 49.9. The Hall–Kier alpha value is -12.6. The lowest BCUT2D eigenvalue weighted by Gasteiger charge is -2.35. The van der Waals surface area contributed by atoms with Crippen molar-refractivity contribution in [2.24, 2.45) is 0 Å². The van der Waals surface area contributed by atoms with Crippen molar-refractivity contribution in [3.8, 4) is 5.75 Å². The predicted octanol–water partition coefficient (Wildman–Crippen LogP) is -2.03. The lowest BCUT2D eigenvalue weighted by Crippen LogP contribution is -2.59. The van der Waals surface area contributed by atoms with Crippen molar-refractivity contribution < 1.29 is 132 Å². The normalized spacial score (nSPS) is 15.1. The van der Waals surface area contributed by atoms with Crippen LogP contribution in [0.15, 0.2) is 91.0 Å². The molecule has 1 heterocycles. The van der Waals surface area contributed by atoms with Crippen molar-refractivity contribution in [1.82, 2.24) is 67.5 Å². The first-order valence-electron chi connectivity index (χ1n) is 37.6. The molecule has 3 unspecified atom stereocenters. The minimum absolute atomic E-state index is 0.000477. The molecule has 0 aromatic heterocycles. The Balaban J connectivity index is 1.23. The molecule has 0 aliphatic carbocycles. The molecule has 1 aliphatic heterocycles. The lowest BCUT2D eigenvalue weighted by atomic mass is 9.99. The zero-order valence-electron chi connectivity index (χ0n) is 64.1. The number of aromatic hydroxyl groups is 1. The van der Waals surface area contributed by atoms with Gasteiger partial charge in [0.25, 0.3) is 6.47 Å². The van der Waals surface area contributed by atoms with E-state index in [2.05, 4.69) is 42.0 Å². The van der Waals surface area contributed by atoms with Crippen LogP contribution in [0.3, 0.4) is 0 Å². The average molecular weight is 1640 g/mol. The largest absolute Gasteiger partial charge is 0.508 e. The Morgan fingerprint density at radius 1 is 0.393 bits per heavy atom. The van der Waals surface area contributed by atoms with E-state index in [9.17, 15) is 123 Å². The van der Waals surface area contributed by atoms with Gasteiger partial charge in [-0.3, -0.25) is 77.1 Å². The summed E-state index contributed by atoms with van der Waals surface area (Å²) < 4.78 is 4.42. The zero-order valence-corrected chi connectivity index (χ0v) is 64.1. The number of unbranched alkanes of at least 4 members (excludes halogenated alkanes) is 1. The van der Waals surface area contributed by atoms with E-state index in [0.717, 1.165) is 10.8 Å². The number of ether oxygens (including phenoxy) is 1. The molecule has 4 aromatic carbocycles. The van der Waals surface area contributed by atoms with Gasteiger partial charge in [-0.25, -0.2) is 24.0 Å². The van der Waals surface area contributed by atoms with Crippen LogP contribution in [0.4, 0.5) is 10.5 Å². The van der Waals surface area contributed by atoms with Gasteiger partial charge in [-0.2, -0.15) is 0 Å². The van der Waals surface area contributed by atoms with Crippen LogP contribution in [0.5, 0.6) is 5.75 Å².